The summed E-state index contributed by atoms with van der Waals surface area (Å²) in [5.74, 6) is 0. The van der Waals surface area contributed by atoms with Crippen LogP contribution in [0.3, 0.4) is 0 Å². The molecule has 4 N–H and O–H groups in total. The molecule has 0 aromatic heterocycles. The Hall–Kier alpha value is 0.547. The van der Waals surface area contributed by atoms with Gasteiger partial charge in [-0.2, -0.15) is 0 Å². The molecule has 42 valence electrons. The maximum atomic E-state index is 7.33. The average molecular weight is 145 g/mol. The third-order valence-electron chi connectivity index (χ3n) is 0. The largest absolute Gasteiger partial charge is 1.00 e. The molecule has 0 unspecified atom stereocenters. The van der Waals surface area contributed by atoms with Crippen LogP contribution in [-0.4, -0.2) is 28.2 Å². The van der Waals surface area contributed by atoms with Crippen LogP contribution in [0.4, 0.5) is 0 Å². The summed E-state index contributed by atoms with van der Waals surface area (Å²) < 4.78 is 0. The van der Waals surface area contributed by atoms with Crippen molar-refractivity contribution in [2.75, 3.05) is 0 Å². The molecule has 0 bridgehead atoms. The maximum Gasteiger partial charge on any atom is 1.00 e. The van der Waals surface area contributed by atoms with Gasteiger partial charge < -0.3 is 31.0 Å². The van der Waals surface area contributed by atoms with E-state index in [0.717, 1.165) is 0 Å². The predicted octanol–water partition coefficient (Wildman–Crippen LogP) is -5.51. The van der Waals surface area contributed by atoms with Crippen LogP contribution in [0.1, 0.15) is 0 Å². The molecule has 0 radical (unpaired) electrons. The van der Waals surface area contributed by atoms with Crippen molar-refractivity contribution in [1.82, 2.24) is 0 Å². The summed E-state index contributed by atoms with van der Waals surface area (Å²) in [7, 11) is -4.61. The van der Waals surface area contributed by atoms with Gasteiger partial charge >= 0.3 is 38.6 Å². The molecule has 0 aromatic carbocycles. The van der Waals surface area contributed by atoms with E-state index in [1.165, 1.54) is 0 Å². The molecule has 0 amide bonds. The van der Waals surface area contributed by atoms with Gasteiger partial charge in [0, 0.05) is 0 Å². The van der Waals surface area contributed by atoms with Crippen molar-refractivity contribution in [2.45, 2.75) is 0 Å². The molecule has 0 aliphatic carbocycles. The molecule has 0 heterocycles. The van der Waals surface area contributed by atoms with Gasteiger partial charge in [0.2, 0.25) is 0 Å². The van der Waals surface area contributed by atoms with Crippen molar-refractivity contribution in [3.8, 4) is 0 Å². The first-order valence-corrected chi connectivity index (χ1v) is 2.91. The standard InChI is InChI=1S/CN.Na.H4O4Si/c1-2;;1-5(2,3)4/h;;1-4H/q-1;+1;. The first-order chi connectivity index (χ1) is 3.00. The van der Waals surface area contributed by atoms with Gasteiger partial charge in [-0.3, -0.25) is 0 Å². The normalized spacial score (nSPS) is 7.75. The summed E-state index contributed by atoms with van der Waals surface area (Å²) in [5.41, 5.74) is 0. The molecule has 0 saturated heterocycles. The molecule has 5 nitrogen and oxygen atoms in total. The molecule has 8 heavy (non-hydrogen) atoms. The van der Waals surface area contributed by atoms with Crippen LogP contribution in [0, 0.1) is 11.8 Å². The van der Waals surface area contributed by atoms with Crippen molar-refractivity contribution in [2.24, 2.45) is 0 Å². The van der Waals surface area contributed by atoms with E-state index in [-0.39, 0.29) is 29.6 Å². The zero-order valence-corrected chi connectivity index (χ0v) is 7.24. The van der Waals surface area contributed by atoms with E-state index in [4.69, 9.17) is 31.0 Å². The quantitative estimate of drug-likeness (QED) is 0.201. The summed E-state index contributed by atoms with van der Waals surface area (Å²) >= 11 is 0. The van der Waals surface area contributed by atoms with E-state index in [0.29, 0.717) is 0 Å². The summed E-state index contributed by atoms with van der Waals surface area (Å²) in [6.07, 6.45) is 0. The fraction of sp³-hybridized carbons (Fsp3) is 0. The minimum Gasteiger partial charge on any atom is -0.512 e. The molecule has 0 aliphatic rings. The molecule has 0 aliphatic heterocycles. The summed E-state index contributed by atoms with van der Waals surface area (Å²) in [4.78, 5) is 29.3. The van der Waals surface area contributed by atoms with E-state index in [2.05, 4.69) is 0 Å². The van der Waals surface area contributed by atoms with E-state index >= 15 is 0 Å². The third kappa shape index (κ3) is 674. The molecular formula is CH4NNaO4Si. The minimum absolute atomic E-state index is 0. The zero-order valence-electron chi connectivity index (χ0n) is 4.24. The SMILES string of the molecule is O[Si](O)(O)O.[C-]#N.[Na+]. The van der Waals surface area contributed by atoms with Gasteiger partial charge in [-0.15, -0.1) is 0 Å². The smallest absolute Gasteiger partial charge is 0.512 e. The molecule has 0 saturated carbocycles. The van der Waals surface area contributed by atoms with Crippen LogP contribution in [0.2, 0.25) is 0 Å². The second kappa shape index (κ2) is 7.55. The Balaban J connectivity index is -0.0000000750. The van der Waals surface area contributed by atoms with Crippen LogP contribution >= 0.6 is 0 Å². The van der Waals surface area contributed by atoms with Gasteiger partial charge in [0.1, 0.15) is 0 Å². The fourth-order valence-corrected chi connectivity index (χ4v) is 0. The van der Waals surface area contributed by atoms with Crippen LogP contribution < -0.4 is 29.6 Å². The zero-order chi connectivity index (χ0) is 6.50. The van der Waals surface area contributed by atoms with Gasteiger partial charge in [0.05, 0.1) is 0 Å². The van der Waals surface area contributed by atoms with Gasteiger partial charge in [0.25, 0.3) is 0 Å². The van der Waals surface area contributed by atoms with Gasteiger partial charge in [-0.1, -0.05) is 0 Å². The molecular weight excluding hydrogens is 141 g/mol. The number of nitrogens with zero attached hydrogens (tertiary/aromatic N) is 1. The van der Waals surface area contributed by atoms with Crippen molar-refractivity contribution in [3.05, 3.63) is 6.57 Å². The molecule has 0 fully saturated rings. The van der Waals surface area contributed by atoms with E-state index < -0.39 is 9.05 Å². The number of rotatable bonds is 0. The van der Waals surface area contributed by atoms with Crippen molar-refractivity contribution in [1.29, 1.82) is 5.26 Å². The van der Waals surface area contributed by atoms with Crippen LogP contribution in [0.15, 0.2) is 0 Å². The predicted molar refractivity (Wildman–Crippen MR) is 19.6 cm³/mol. The van der Waals surface area contributed by atoms with Gasteiger partial charge in [-0.25, -0.2) is 0 Å². The van der Waals surface area contributed by atoms with Crippen molar-refractivity contribution >= 4 is 9.05 Å². The third-order valence-corrected chi connectivity index (χ3v) is 0. The molecule has 0 rings (SSSR count). The Labute approximate surface area is 69.6 Å². The Morgan fingerprint density at radius 1 is 1.00 bits per heavy atom. The summed E-state index contributed by atoms with van der Waals surface area (Å²) in [5, 5.41) is 6.25. The van der Waals surface area contributed by atoms with E-state index in [9.17, 15) is 0 Å². The van der Waals surface area contributed by atoms with Gasteiger partial charge in [0.15, 0.2) is 0 Å². The van der Waals surface area contributed by atoms with Crippen molar-refractivity contribution < 1.29 is 48.7 Å². The van der Waals surface area contributed by atoms with Crippen LogP contribution in [0.5, 0.6) is 0 Å². The molecule has 0 spiro atoms. The maximum absolute atomic E-state index is 7.33. The monoisotopic (exact) mass is 145 g/mol. The Morgan fingerprint density at radius 3 is 1.00 bits per heavy atom. The molecule has 7 heteroatoms. The van der Waals surface area contributed by atoms with E-state index in [1.54, 1.807) is 0 Å². The first-order valence-electron chi connectivity index (χ1n) is 1.12. The topological polar surface area (TPSA) is 105 Å². The summed E-state index contributed by atoms with van der Waals surface area (Å²) in [6, 6.07) is 0. The molecule has 0 aromatic rings. The first kappa shape index (κ1) is 15.8. The number of hydrogen-bond donors (Lipinski definition) is 4. The average Bonchev–Trinajstić information content (AvgIpc) is 1.36. The van der Waals surface area contributed by atoms with Gasteiger partial charge in [-0.05, 0) is 0 Å². The van der Waals surface area contributed by atoms with Crippen LogP contribution in [-0.2, 0) is 0 Å². The second-order valence-electron chi connectivity index (χ2n) is 0.600. The van der Waals surface area contributed by atoms with E-state index in [1.807, 2.05) is 0 Å². The Morgan fingerprint density at radius 2 is 1.00 bits per heavy atom. The summed E-state index contributed by atoms with van der Waals surface area (Å²) in [6.45, 7) is 4.75. The number of hydrogen-bond acceptors (Lipinski definition) is 5. The van der Waals surface area contributed by atoms with Crippen LogP contribution in [0.25, 0.3) is 0 Å². The molecule has 0 atom stereocenters. The Kier molecular flexibility index (Phi) is 14.9. The minimum atomic E-state index is -4.61. The Bertz CT molecular complexity index is 52.8. The fourth-order valence-electron chi connectivity index (χ4n) is 0. The van der Waals surface area contributed by atoms with Crippen molar-refractivity contribution in [3.63, 3.8) is 0 Å². The second-order valence-corrected chi connectivity index (χ2v) is 1.80.